The molecule has 0 aliphatic heterocycles. The zero-order valence-electron chi connectivity index (χ0n) is 12.6. The minimum atomic E-state index is -1.04. The lowest BCUT2D eigenvalue weighted by atomic mass is 10.1. The van der Waals surface area contributed by atoms with Crippen LogP contribution in [0, 0.1) is 0 Å². The van der Waals surface area contributed by atoms with Crippen LogP contribution in [0.25, 0.3) is 0 Å². The van der Waals surface area contributed by atoms with Gasteiger partial charge in [-0.25, -0.2) is 4.79 Å². The van der Waals surface area contributed by atoms with Crippen molar-refractivity contribution in [1.29, 1.82) is 0 Å². The van der Waals surface area contributed by atoms with E-state index in [-0.39, 0.29) is 10.6 Å². The van der Waals surface area contributed by atoms with E-state index in [9.17, 15) is 14.4 Å². The number of halogens is 2. The Hall–Kier alpha value is -2.37. The van der Waals surface area contributed by atoms with Gasteiger partial charge in [-0.1, -0.05) is 41.4 Å². The summed E-state index contributed by atoms with van der Waals surface area (Å²) in [6.07, 6.45) is -0.377. The molecule has 0 unspecified atom stereocenters. The molecule has 0 aliphatic rings. The fraction of sp³-hybridized carbons (Fsp3) is 0.118. The molecule has 24 heavy (non-hydrogen) atoms. The second kappa shape index (κ2) is 7.95. The Morgan fingerprint density at radius 1 is 1.12 bits per heavy atom. The minimum absolute atomic E-state index is 0.204. The number of ether oxygens (including phenoxy) is 1. The van der Waals surface area contributed by atoms with Gasteiger partial charge in [-0.15, -0.1) is 0 Å². The Morgan fingerprint density at radius 2 is 1.79 bits per heavy atom. The lowest BCUT2D eigenvalue weighted by molar-refractivity contribution is -0.123. The van der Waals surface area contributed by atoms with Gasteiger partial charge in [0.1, 0.15) is 6.29 Å². The fourth-order valence-corrected chi connectivity index (χ4v) is 2.16. The van der Waals surface area contributed by atoms with Crippen molar-refractivity contribution in [2.75, 3.05) is 5.32 Å². The van der Waals surface area contributed by atoms with E-state index in [1.165, 1.54) is 31.2 Å². The second-order valence-electron chi connectivity index (χ2n) is 4.88. The molecule has 0 aliphatic carbocycles. The summed E-state index contributed by atoms with van der Waals surface area (Å²) < 4.78 is 5.10. The van der Waals surface area contributed by atoms with Crippen LogP contribution in [0.4, 0.5) is 5.69 Å². The van der Waals surface area contributed by atoms with Crippen molar-refractivity contribution in [2.45, 2.75) is 13.0 Å². The van der Waals surface area contributed by atoms with Crippen LogP contribution in [-0.2, 0) is 9.53 Å². The quantitative estimate of drug-likeness (QED) is 0.642. The van der Waals surface area contributed by atoms with E-state index in [0.29, 0.717) is 22.6 Å². The van der Waals surface area contributed by atoms with Crippen LogP contribution < -0.4 is 5.32 Å². The number of carbonyl (C=O) groups excluding carboxylic acids is 3. The number of anilines is 1. The highest BCUT2D eigenvalue weighted by molar-refractivity contribution is 6.44. The predicted molar refractivity (Wildman–Crippen MR) is 91.8 cm³/mol. The van der Waals surface area contributed by atoms with E-state index in [2.05, 4.69) is 5.32 Å². The zero-order chi connectivity index (χ0) is 17.7. The maximum atomic E-state index is 12.1. The van der Waals surface area contributed by atoms with Crippen molar-refractivity contribution in [3.05, 3.63) is 63.6 Å². The van der Waals surface area contributed by atoms with Crippen LogP contribution in [0.1, 0.15) is 27.6 Å². The molecule has 7 heteroatoms. The summed E-state index contributed by atoms with van der Waals surface area (Å²) in [7, 11) is 0. The predicted octanol–water partition coefficient (Wildman–Crippen LogP) is 3.99. The number of carbonyl (C=O) groups is 3. The molecular formula is C17H13Cl2NO4. The molecule has 0 aromatic heterocycles. The zero-order valence-corrected chi connectivity index (χ0v) is 14.1. The third-order valence-corrected chi connectivity index (χ3v) is 3.96. The minimum Gasteiger partial charge on any atom is -0.449 e. The Bertz CT molecular complexity index is 775. The molecule has 0 saturated heterocycles. The fourth-order valence-electron chi connectivity index (χ4n) is 1.81. The molecule has 0 saturated carbocycles. The van der Waals surface area contributed by atoms with Crippen molar-refractivity contribution in [3.8, 4) is 0 Å². The molecule has 0 heterocycles. The Kier molecular flexibility index (Phi) is 5.95. The highest BCUT2D eigenvalue weighted by Crippen LogP contribution is 2.29. The largest absolute Gasteiger partial charge is 0.449 e. The summed E-state index contributed by atoms with van der Waals surface area (Å²) in [5.74, 6) is -1.22. The molecule has 124 valence electrons. The first-order valence-electron chi connectivity index (χ1n) is 6.93. The van der Waals surface area contributed by atoms with Crippen molar-refractivity contribution >= 4 is 47.1 Å². The maximum Gasteiger partial charge on any atom is 0.338 e. The van der Waals surface area contributed by atoms with Gasteiger partial charge in [0.15, 0.2) is 6.10 Å². The number of hydrogen-bond acceptors (Lipinski definition) is 4. The first-order valence-corrected chi connectivity index (χ1v) is 7.69. The van der Waals surface area contributed by atoms with Crippen molar-refractivity contribution in [3.63, 3.8) is 0 Å². The van der Waals surface area contributed by atoms with Gasteiger partial charge in [0, 0.05) is 5.56 Å². The van der Waals surface area contributed by atoms with Gasteiger partial charge in [-0.2, -0.15) is 0 Å². The first kappa shape index (κ1) is 18.0. The molecule has 1 amide bonds. The van der Waals surface area contributed by atoms with Gasteiger partial charge >= 0.3 is 5.97 Å². The Labute approximate surface area is 148 Å². The number of rotatable bonds is 5. The lowest BCUT2D eigenvalue weighted by Gasteiger charge is -2.14. The van der Waals surface area contributed by atoms with Gasteiger partial charge in [0.25, 0.3) is 5.91 Å². The molecule has 0 spiro atoms. The van der Waals surface area contributed by atoms with E-state index in [1.54, 1.807) is 18.2 Å². The molecule has 1 atom stereocenters. The smallest absolute Gasteiger partial charge is 0.338 e. The maximum absolute atomic E-state index is 12.1. The molecule has 2 aromatic carbocycles. The molecule has 5 nitrogen and oxygen atoms in total. The van der Waals surface area contributed by atoms with Crippen LogP contribution >= 0.6 is 23.2 Å². The Morgan fingerprint density at radius 3 is 2.42 bits per heavy atom. The van der Waals surface area contributed by atoms with E-state index in [0.717, 1.165) is 0 Å². The average Bonchev–Trinajstić information content (AvgIpc) is 2.58. The molecule has 0 radical (unpaired) electrons. The van der Waals surface area contributed by atoms with Crippen LogP contribution in [0.5, 0.6) is 0 Å². The highest BCUT2D eigenvalue weighted by Gasteiger charge is 2.20. The van der Waals surface area contributed by atoms with E-state index >= 15 is 0 Å². The molecule has 2 aromatic rings. The summed E-state index contributed by atoms with van der Waals surface area (Å²) in [5, 5.41) is 3.05. The molecule has 2 rings (SSSR count). The van der Waals surface area contributed by atoms with Crippen LogP contribution in [-0.4, -0.2) is 24.3 Å². The second-order valence-corrected chi connectivity index (χ2v) is 5.66. The van der Waals surface area contributed by atoms with Crippen molar-refractivity contribution < 1.29 is 19.1 Å². The van der Waals surface area contributed by atoms with Crippen LogP contribution in [0.15, 0.2) is 42.5 Å². The number of esters is 1. The van der Waals surface area contributed by atoms with Gasteiger partial charge in [0.05, 0.1) is 21.3 Å². The van der Waals surface area contributed by atoms with Crippen molar-refractivity contribution in [2.24, 2.45) is 0 Å². The van der Waals surface area contributed by atoms with Crippen LogP contribution in [0.2, 0.25) is 10.0 Å². The molecule has 0 fully saturated rings. The van der Waals surface area contributed by atoms with E-state index in [4.69, 9.17) is 27.9 Å². The standard InChI is InChI=1S/C17H13Cl2NO4/c1-10(16(22)20-14-4-2-3-13(18)15(14)19)24-17(23)12-7-5-11(9-21)6-8-12/h2-10H,1H3,(H,20,22)/t10-/m0/s1. The topological polar surface area (TPSA) is 72.5 Å². The Balaban J connectivity index is 2.01. The van der Waals surface area contributed by atoms with Gasteiger partial charge in [-0.05, 0) is 31.2 Å². The number of amides is 1. The molecular weight excluding hydrogens is 353 g/mol. The highest BCUT2D eigenvalue weighted by atomic mass is 35.5. The number of aldehydes is 1. The summed E-state index contributed by atoms with van der Waals surface area (Å²) in [6, 6.07) is 10.7. The normalized spacial score (nSPS) is 11.5. The number of nitrogens with one attached hydrogen (secondary N) is 1. The summed E-state index contributed by atoms with van der Waals surface area (Å²) in [6.45, 7) is 1.44. The number of hydrogen-bond donors (Lipinski definition) is 1. The van der Waals surface area contributed by atoms with Gasteiger partial charge in [-0.3, -0.25) is 9.59 Å². The average molecular weight is 366 g/mol. The summed E-state index contributed by atoms with van der Waals surface area (Å²) >= 11 is 11.9. The van der Waals surface area contributed by atoms with E-state index < -0.39 is 18.0 Å². The van der Waals surface area contributed by atoms with Gasteiger partial charge in [0.2, 0.25) is 0 Å². The summed E-state index contributed by atoms with van der Waals surface area (Å²) in [4.78, 5) is 34.7. The van der Waals surface area contributed by atoms with Crippen LogP contribution in [0.3, 0.4) is 0 Å². The molecule has 1 N–H and O–H groups in total. The first-order chi connectivity index (χ1) is 11.4. The van der Waals surface area contributed by atoms with Gasteiger partial charge < -0.3 is 10.1 Å². The van der Waals surface area contributed by atoms with Crippen molar-refractivity contribution in [1.82, 2.24) is 0 Å². The monoisotopic (exact) mass is 365 g/mol. The third-order valence-electron chi connectivity index (χ3n) is 3.14. The molecule has 0 bridgehead atoms. The number of benzene rings is 2. The van der Waals surface area contributed by atoms with E-state index in [1.807, 2.05) is 0 Å². The lowest BCUT2D eigenvalue weighted by Crippen LogP contribution is -2.30. The summed E-state index contributed by atoms with van der Waals surface area (Å²) in [5.41, 5.74) is 1.00. The third kappa shape index (κ3) is 4.34. The SMILES string of the molecule is C[C@H](OC(=O)c1ccc(C=O)cc1)C(=O)Nc1cccc(Cl)c1Cl.